The Balaban J connectivity index is 0.931. The molecule has 3 aliphatic carbocycles. The number of aliphatic hydroxyl groups excluding tert-OH is 6. The summed E-state index contributed by atoms with van der Waals surface area (Å²) in [7, 11) is -1.72. The molecule has 3 aliphatic heterocycles. The second-order valence-corrected chi connectivity index (χ2v) is 29.6. The Hall–Kier alpha value is -6.56. The third-order valence-corrected chi connectivity index (χ3v) is 22.2. The van der Waals surface area contributed by atoms with Crippen molar-refractivity contribution >= 4 is 63.1 Å². The molecule has 3 aromatic rings. The van der Waals surface area contributed by atoms with Gasteiger partial charge >= 0.3 is 10.4 Å². The zero-order chi connectivity index (χ0) is 70.8. The van der Waals surface area contributed by atoms with Gasteiger partial charge in [0.25, 0.3) is 0 Å². The van der Waals surface area contributed by atoms with E-state index in [1.165, 1.54) is 51.5 Å². The van der Waals surface area contributed by atoms with Crippen LogP contribution in [0.4, 0.5) is 0 Å². The van der Waals surface area contributed by atoms with Gasteiger partial charge in [-0.3, -0.25) is 38.1 Å². The number of nitrogens with one attached hydrogen (secondary N) is 7. The summed E-state index contributed by atoms with van der Waals surface area (Å²) in [6.07, 6.45) is 0.689. The number of ether oxygens (including phenoxy) is 1. The van der Waals surface area contributed by atoms with Crippen molar-refractivity contribution in [3.05, 3.63) is 58.6 Å². The van der Waals surface area contributed by atoms with E-state index >= 15 is 0 Å². The molecule has 0 unspecified atom stereocenters. The lowest BCUT2D eigenvalue weighted by Gasteiger charge is -2.46. The first kappa shape index (κ1) is 75.6. The smallest absolute Gasteiger partial charge is 0.446 e. The van der Waals surface area contributed by atoms with Gasteiger partial charge < -0.3 is 91.7 Å². The molecular weight excluding hydrogens is 1310 g/mol. The molecule has 542 valence electrons. The van der Waals surface area contributed by atoms with Crippen molar-refractivity contribution in [2.45, 2.75) is 213 Å². The summed E-state index contributed by atoms with van der Waals surface area (Å²) in [4.78, 5) is 103. The average Bonchev–Trinajstić information content (AvgIpc) is 1.26. The predicted octanol–water partition coefficient (Wildman–Crippen LogP) is -0.477. The average molecular weight is 1410 g/mol. The van der Waals surface area contributed by atoms with Crippen LogP contribution in [0, 0.1) is 17.8 Å². The lowest BCUT2D eigenvalue weighted by molar-refractivity contribution is -0.147. The standard InChI is InChI=1S/C66H97N11O19S2/c1-35-33-77-56(57(35)85)61(89)70-32-44(79)28-46(69-31-37-10-13-41(14-11-37)62-74-75-63(97-62)42-17-15-39(16-18-42)40-20-22-66(95-4,23-21-40)43-8-6-5-7-9-43)58(86)71-53(36(2)78)64(90)76-34-45(80)29-47(76)59(87)72-54(49(82)26-38-12-19-48(81)51(27-38)96-98(92,93)94)60(88)73-55(65(77)91)50(83)30-52(84)68-25-24-67-3/h12,15-19,27,35-37,40-41,43-47,49-50,53-57,67,69,78-83,85H,5-11,13-14,20-26,28-34H2,1-4H3,(H,68,84)(H,70,89)(H,71,86)(H,72,87)(H,73,88)(H,92,93,94)/t35-,36+,37-,40?,41-,44+,45+,46-,47-,49+,50+,53-,54-,55-,56-,57-,66?/m0/s1. The van der Waals surface area contributed by atoms with Crippen LogP contribution in [0.15, 0.2) is 42.5 Å². The Bertz CT molecular complexity index is 3360. The molecule has 2 aromatic carbocycles. The maximum absolute atomic E-state index is 15.0. The van der Waals surface area contributed by atoms with Gasteiger partial charge in [0.15, 0.2) is 11.5 Å². The van der Waals surface area contributed by atoms with Gasteiger partial charge in [0.1, 0.15) is 40.2 Å². The molecule has 32 heteroatoms. The van der Waals surface area contributed by atoms with Gasteiger partial charge in [0.05, 0.1) is 54.7 Å². The number of fused-ring (bicyclic) bond motifs is 2. The van der Waals surface area contributed by atoms with E-state index in [0.29, 0.717) is 24.7 Å². The topological polar surface area (TPSA) is 450 Å². The van der Waals surface area contributed by atoms with E-state index in [4.69, 9.17) is 4.74 Å². The molecule has 0 radical (unpaired) electrons. The quantitative estimate of drug-likeness (QED) is 0.0502. The van der Waals surface area contributed by atoms with E-state index in [-0.39, 0.29) is 49.2 Å². The number of hydrogen-bond acceptors (Lipinski definition) is 23. The van der Waals surface area contributed by atoms with Crippen LogP contribution in [0.25, 0.3) is 10.6 Å². The van der Waals surface area contributed by atoms with Crippen molar-refractivity contribution in [1.29, 1.82) is 0 Å². The fraction of sp³-hybridized carbons (Fsp3) is 0.682. The number of carbonyl (C=O) groups is 7. The molecule has 1 aromatic heterocycles. The highest BCUT2D eigenvalue weighted by Gasteiger charge is 2.51. The molecule has 0 spiro atoms. The normalized spacial score (nSPS) is 30.9. The van der Waals surface area contributed by atoms with E-state index in [1.807, 2.05) is 7.11 Å². The molecule has 3 saturated heterocycles. The summed E-state index contributed by atoms with van der Waals surface area (Å²) in [5.41, 5.74) is 2.21. The number of β-amino-alcohol motifs (C(OH)–C–C–N with tert-alkyl or cyclic N) is 1. The number of hydrogen-bond donors (Lipinski definition) is 15. The molecule has 4 heterocycles. The molecular formula is C66H97N11O19S2. The number of aliphatic hydroxyl groups is 6. The van der Waals surface area contributed by atoms with Gasteiger partial charge in [0, 0.05) is 70.1 Å². The molecule has 6 aliphatic rings. The van der Waals surface area contributed by atoms with Gasteiger partial charge in [0.2, 0.25) is 41.4 Å². The van der Waals surface area contributed by atoms with Gasteiger partial charge in [-0.25, -0.2) is 0 Å². The summed E-state index contributed by atoms with van der Waals surface area (Å²) in [5.74, 6) is -8.88. The monoisotopic (exact) mass is 1410 g/mol. The molecule has 9 rings (SSSR count). The van der Waals surface area contributed by atoms with Crippen LogP contribution < -0.4 is 41.4 Å². The summed E-state index contributed by atoms with van der Waals surface area (Å²) in [5, 5.41) is 109. The summed E-state index contributed by atoms with van der Waals surface area (Å²) >= 11 is 1.57. The van der Waals surface area contributed by atoms with Crippen molar-refractivity contribution < 1.29 is 91.2 Å². The SMILES string of the molecule is CNCCNC(=O)C[C@@H](O)[C@@H]1NC(=O)[C@H]([C@H](O)Cc2ccc(O)c(OS(=O)(=O)O)c2)NC(=O)[C@@H]2C[C@@H](O)CN2C(=O)[C@H]([C@@H](C)O)NC(=O)[C@@H](NC[C@H]2CC[C@H](c3nnc(-c4ccc(C5CCC(OC)(C6CCCCC6)CC5)cc4)s3)CC2)C[C@@H](O)CNC(=O)[C@@H]2[C@@H](O)[C@@H](C)CN2C1=O. The summed E-state index contributed by atoms with van der Waals surface area (Å²) in [6.45, 7) is 1.79. The van der Waals surface area contributed by atoms with Crippen molar-refractivity contribution in [2.24, 2.45) is 17.8 Å². The molecule has 13 atom stereocenters. The number of aromatic nitrogens is 2. The highest BCUT2D eigenvalue weighted by atomic mass is 32.3. The van der Waals surface area contributed by atoms with Gasteiger partial charge in [-0.15, -0.1) is 10.2 Å². The Morgan fingerprint density at radius 1 is 0.765 bits per heavy atom. The molecule has 6 fully saturated rings. The van der Waals surface area contributed by atoms with E-state index in [9.17, 15) is 82.3 Å². The molecule has 0 bridgehead atoms. The van der Waals surface area contributed by atoms with Crippen molar-refractivity contribution in [2.75, 3.05) is 53.4 Å². The number of amides is 7. The number of rotatable bonds is 20. The first-order valence-corrected chi connectivity index (χ1v) is 36.3. The lowest BCUT2D eigenvalue weighted by atomic mass is 9.66. The van der Waals surface area contributed by atoms with Crippen molar-refractivity contribution in [3.8, 4) is 22.1 Å². The van der Waals surface area contributed by atoms with Crippen LogP contribution in [-0.2, 0) is 55.1 Å². The van der Waals surface area contributed by atoms with Gasteiger partial charge in [-0.1, -0.05) is 67.9 Å². The van der Waals surface area contributed by atoms with Crippen LogP contribution in [0.3, 0.4) is 0 Å². The number of phenols is 1. The van der Waals surface area contributed by atoms with Gasteiger partial charge in [-0.2, -0.15) is 8.42 Å². The fourth-order valence-corrected chi connectivity index (χ4v) is 16.5. The number of carbonyl (C=O) groups excluding carboxylic acids is 7. The summed E-state index contributed by atoms with van der Waals surface area (Å²) in [6, 6.07) is 0.603. The number of phenolic OH excluding ortho intramolecular Hbond substituents is 1. The molecule has 3 saturated carbocycles. The highest BCUT2D eigenvalue weighted by Crippen LogP contribution is 2.48. The second-order valence-electron chi connectivity index (χ2n) is 27.6. The Morgan fingerprint density at radius 2 is 1.44 bits per heavy atom. The van der Waals surface area contributed by atoms with Crippen LogP contribution in [-0.4, -0.2) is 242 Å². The van der Waals surface area contributed by atoms with Crippen LogP contribution in [0.2, 0.25) is 0 Å². The number of aromatic hydroxyl groups is 1. The van der Waals surface area contributed by atoms with Crippen LogP contribution in [0.1, 0.15) is 145 Å². The number of likely N-dealkylation sites (N-methyl/N-ethyl adjacent to an activating group) is 1. The second kappa shape index (κ2) is 33.7. The van der Waals surface area contributed by atoms with Crippen LogP contribution in [0.5, 0.6) is 11.5 Å². The Kier molecular flexibility index (Phi) is 26.0. The third-order valence-electron chi connectivity index (χ3n) is 20.7. The van der Waals surface area contributed by atoms with E-state index < -0.39 is 181 Å². The summed E-state index contributed by atoms with van der Waals surface area (Å²) < 4.78 is 43.4. The van der Waals surface area contributed by atoms with Crippen molar-refractivity contribution in [1.82, 2.24) is 57.2 Å². The molecule has 7 amide bonds. The van der Waals surface area contributed by atoms with E-state index in [0.717, 1.165) is 82.1 Å². The molecule has 15 N–H and O–H groups in total. The zero-order valence-corrected chi connectivity index (χ0v) is 57.4. The fourth-order valence-electron chi connectivity index (χ4n) is 15.1. The predicted molar refractivity (Wildman–Crippen MR) is 355 cm³/mol. The van der Waals surface area contributed by atoms with Gasteiger partial charge in [-0.05, 0) is 132 Å². The van der Waals surface area contributed by atoms with E-state index in [2.05, 4.69) is 75.9 Å². The molecule has 30 nitrogen and oxygen atoms in total. The largest absolute Gasteiger partial charge is 0.504 e. The maximum atomic E-state index is 15.0. The van der Waals surface area contributed by atoms with Crippen LogP contribution >= 0.6 is 11.3 Å². The Labute approximate surface area is 574 Å². The minimum absolute atomic E-state index is 0.00264. The first-order valence-electron chi connectivity index (χ1n) is 34.2. The number of methoxy groups -OCH3 is 1. The number of nitrogens with zero attached hydrogens (tertiary/aromatic N) is 4. The first-order chi connectivity index (χ1) is 46.7. The van der Waals surface area contributed by atoms with Crippen molar-refractivity contribution in [3.63, 3.8) is 0 Å². The number of benzene rings is 2. The minimum Gasteiger partial charge on any atom is -0.504 e. The van der Waals surface area contributed by atoms with E-state index in [1.54, 1.807) is 18.4 Å². The lowest BCUT2D eigenvalue weighted by Crippen LogP contribution is -2.64. The molecule has 98 heavy (non-hydrogen) atoms. The maximum Gasteiger partial charge on any atom is 0.446 e. The Morgan fingerprint density at radius 3 is 2.10 bits per heavy atom. The minimum atomic E-state index is -5.23. The third kappa shape index (κ3) is 18.9. The zero-order valence-electron chi connectivity index (χ0n) is 55.8. The highest BCUT2D eigenvalue weighted by molar-refractivity contribution is 7.81.